The Bertz CT molecular complexity index is 905. The van der Waals surface area contributed by atoms with Gasteiger partial charge in [0.1, 0.15) is 0 Å². The van der Waals surface area contributed by atoms with E-state index in [0.717, 1.165) is 37.4 Å². The minimum absolute atomic E-state index is 0.0388. The molecule has 0 radical (unpaired) electrons. The zero-order valence-electron chi connectivity index (χ0n) is 16.7. The second kappa shape index (κ2) is 8.13. The molecule has 1 atom stereocenters. The topological polar surface area (TPSA) is 71.1 Å². The Morgan fingerprint density at radius 1 is 0.966 bits per heavy atom. The standard InChI is InChI=1S/C22H25N3O4/c1-15(22(27)23-18-5-8-20-21(13-18)29-14-28-20)24-9-11-25(12-10-24)19-6-3-17(4-7-19)16(2)26/h3-8,13,15H,9-12,14H2,1-2H3,(H,23,27)/t15-/m0/s1. The average Bonchev–Trinajstić information content (AvgIpc) is 3.21. The molecule has 0 bridgehead atoms. The molecule has 2 aliphatic rings. The zero-order chi connectivity index (χ0) is 20.4. The predicted molar refractivity (Wildman–Crippen MR) is 111 cm³/mol. The second-order valence-corrected chi connectivity index (χ2v) is 7.36. The number of hydrogen-bond acceptors (Lipinski definition) is 6. The van der Waals surface area contributed by atoms with Gasteiger partial charge in [0.15, 0.2) is 17.3 Å². The van der Waals surface area contributed by atoms with Crippen molar-refractivity contribution >= 4 is 23.1 Å². The van der Waals surface area contributed by atoms with Crippen LogP contribution in [0.5, 0.6) is 11.5 Å². The molecule has 29 heavy (non-hydrogen) atoms. The van der Waals surface area contributed by atoms with Gasteiger partial charge in [-0.05, 0) is 50.2 Å². The zero-order valence-corrected chi connectivity index (χ0v) is 16.7. The Morgan fingerprint density at radius 3 is 2.34 bits per heavy atom. The Hall–Kier alpha value is -3.06. The number of benzene rings is 2. The van der Waals surface area contributed by atoms with E-state index >= 15 is 0 Å². The van der Waals surface area contributed by atoms with E-state index in [-0.39, 0.29) is 24.5 Å². The summed E-state index contributed by atoms with van der Waals surface area (Å²) in [5.41, 5.74) is 2.53. The highest BCUT2D eigenvalue weighted by molar-refractivity contribution is 5.95. The summed E-state index contributed by atoms with van der Waals surface area (Å²) in [5, 5.41) is 2.97. The molecule has 0 saturated carbocycles. The number of nitrogens with zero attached hydrogens (tertiary/aromatic N) is 2. The lowest BCUT2D eigenvalue weighted by Gasteiger charge is -2.38. The smallest absolute Gasteiger partial charge is 0.241 e. The molecule has 0 unspecified atom stereocenters. The van der Waals surface area contributed by atoms with Gasteiger partial charge in [0, 0.05) is 49.2 Å². The average molecular weight is 395 g/mol. The number of ether oxygens (including phenoxy) is 2. The van der Waals surface area contributed by atoms with Crippen LogP contribution < -0.4 is 19.7 Å². The molecule has 7 heteroatoms. The molecule has 1 saturated heterocycles. The molecule has 1 fully saturated rings. The monoisotopic (exact) mass is 395 g/mol. The van der Waals surface area contributed by atoms with Crippen molar-refractivity contribution in [2.45, 2.75) is 19.9 Å². The Morgan fingerprint density at radius 2 is 1.66 bits per heavy atom. The van der Waals surface area contributed by atoms with Gasteiger partial charge in [-0.3, -0.25) is 14.5 Å². The first-order valence-electron chi connectivity index (χ1n) is 9.82. The van der Waals surface area contributed by atoms with E-state index < -0.39 is 0 Å². The Labute approximate surface area is 170 Å². The number of nitrogens with one attached hydrogen (secondary N) is 1. The Balaban J connectivity index is 1.31. The van der Waals surface area contributed by atoms with Crippen LogP contribution in [0.3, 0.4) is 0 Å². The van der Waals surface area contributed by atoms with Gasteiger partial charge in [0.2, 0.25) is 12.7 Å². The minimum atomic E-state index is -0.234. The van der Waals surface area contributed by atoms with Crippen LogP contribution in [0.15, 0.2) is 42.5 Å². The lowest BCUT2D eigenvalue weighted by molar-refractivity contribution is -0.120. The predicted octanol–water partition coefficient (Wildman–Crippen LogP) is 2.77. The van der Waals surface area contributed by atoms with Gasteiger partial charge in [0.25, 0.3) is 0 Å². The molecule has 0 aromatic heterocycles. The summed E-state index contributed by atoms with van der Waals surface area (Å²) in [6.45, 7) is 6.98. The summed E-state index contributed by atoms with van der Waals surface area (Å²) < 4.78 is 10.7. The van der Waals surface area contributed by atoms with E-state index in [1.54, 1.807) is 19.1 Å². The van der Waals surface area contributed by atoms with Crippen LogP contribution in [0.25, 0.3) is 0 Å². The van der Waals surface area contributed by atoms with Crippen molar-refractivity contribution in [3.8, 4) is 11.5 Å². The van der Waals surface area contributed by atoms with Gasteiger partial charge in [-0.2, -0.15) is 0 Å². The highest BCUT2D eigenvalue weighted by Gasteiger charge is 2.26. The fraction of sp³-hybridized carbons (Fsp3) is 0.364. The van der Waals surface area contributed by atoms with Gasteiger partial charge in [-0.15, -0.1) is 0 Å². The highest BCUT2D eigenvalue weighted by Crippen LogP contribution is 2.34. The van der Waals surface area contributed by atoms with Crippen molar-refractivity contribution in [2.24, 2.45) is 0 Å². The number of Topliss-reactive ketones (excluding diaryl/α,β-unsaturated/α-hetero) is 1. The largest absolute Gasteiger partial charge is 0.454 e. The molecule has 2 aliphatic heterocycles. The van der Waals surface area contributed by atoms with Crippen molar-refractivity contribution < 1.29 is 19.1 Å². The van der Waals surface area contributed by atoms with Crippen LogP contribution >= 0.6 is 0 Å². The number of rotatable bonds is 5. The van der Waals surface area contributed by atoms with E-state index in [1.165, 1.54) is 0 Å². The van der Waals surface area contributed by atoms with Crippen molar-refractivity contribution in [3.63, 3.8) is 0 Å². The lowest BCUT2D eigenvalue weighted by Crippen LogP contribution is -2.52. The van der Waals surface area contributed by atoms with Gasteiger partial charge >= 0.3 is 0 Å². The fourth-order valence-corrected chi connectivity index (χ4v) is 3.66. The molecule has 4 rings (SSSR count). The lowest BCUT2D eigenvalue weighted by atomic mass is 10.1. The van der Waals surface area contributed by atoms with Gasteiger partial charge in [-0.1, -0.05) is 0 Å². The maximum Gasteiger partial charge on any atom is 0.241 e. The van der Waals surface area contributed by atoms with E-state index in [4.69, 9.17) is 9.47 Å². The van der Waals surface area contributed by atoms with Crippen molar-refractivity contribution in [2.75, 3.05) is 43.2 Å². The molecular formula is C22H25N3O4. The summed E-state index contributed by atoms with van der Waals surface area (Å²) in [7, 11) is 0. The van der Waals surface area contributed by atoms with Crippen LogP contribution in [0.4, 0.5) is 11.4 Å². The summed E-state index contributed by atoms with van der Waals surface area (Å²) >= 11 is 0. The quantitative estimate of drug-likeness (QED) is 0.785. The first-order valence-corrected chi connectivity index (χ1v) is 9.82. The molecule has 1 amide bonds. The molecule has 2 aromatic rings. The highest BCUT2D eigenvalue weighted by atomic mass is 16.7. The third-order valence-electron chi connectivity index (χ3n) is 5.52. The summed E-state index contributed by atoms with van der Waals surface area (Å²) in [6, 6.07) is 12.9. The summed E-state index contributed by atoms with van der Waals surface area (Å²) in [4.78, 5) is 28.6. The van der Waals surface area contributed by atoms with Gasteiger partial charge < -0.3 is 19.7 Å². The fourth-order valence-electron chi connectivity index (χ4n) is 3.66. The molecule has 2 heterocycles. The van der Waals surface area contributed by atoms with Crippen molar-refractivity contribution in [3.05, 3.63) is 48.0 Å². The number of piperazine rings is 1. The number of anilines is 2. The SMILES string of the molecule is CC(=O)c1ccc(N2CCN([C@@H](C)C(=O)Nc3ccc4c(c3)OCO4)CC2)cc1. The number of fused-ring (bicyclic) bond motifs is 1. The van der Waals surface area contributed by atoms with Gasteiger partial charge in [-0.25, -0.2) is 0 Å². The minimum Gasteiger partial charge on any atom is -0.454 e. The molecule has 152 valence electrons. The number of ketones is 1. The maximum atomic E-state index is 12.7. The van der Waals surface area contributed by atoms with Crippen molar-refractivity contribution in [1.29, 1.82) is 0 Å². The third kappa shape index (κ3) is 4.19. The molecule has 7 nitrogen and oxygen atoms in total. The second-order valence-electron chi connectivity index (χ2n) is 7.36. The van der Waals surface area contributed by atoms with E-state index in [9.17, 15) is 9.59 Å². The van der Waals surface area contributed by atoms with Crippen LogP contribution in [-0.2, 0) is 4.79 Å². The Kier molecular flexibility index (Phi) is 5.40. The summed E-state index contributed by atoms with van der Waals surface area (Å²) in [5.74, 6) is 1.38. The van der Waals surface area contributed by atoms with Crippen LogP contribution in [0.2, 0.25) is 0 Å². The van der Waals surface area contributed by atoms with Crippen LogP contribution in [0.1, 0.15) is 24.2 Å². The molecule has 0 aliphatic carbocycles. The molecular weight excluding hydrogens is 370 g/mol. The number of amides is 1. The number of carbonyl (C=O) groups is 2. The van der Waals surface area contributed by atoms with Crippen molar-refractivity contribution in [1.82, 2.24) is 4.90 Å². The van der Waals surface area contributed by atoms with E-state index in [1.807, 2.05) is 37.3 Å². The van der Waals surface area contributed by atoms with E-state index in [0.29, 0.717) is 17.2 Å². The first kappa shape index (κ1) is 19.3. The first-order chi connectivity index (χ1) is 14.0. The molecule has 0 spiro atoms. The normalized spacial score (nSPS) is 17.1. The number of carbonyl (C=O) groups excluding carboxylic acids is 2. The molecule has 2 aromatic carbocycles. The number of hydrogen-bond donors (Lipinski definition) is 1. The maximum absolute atomic E-state index is 12.7. The van der Waals surface area contributed by atoms with Crippen LogP contribution in [-0.4, -0.2) is 55.6 Å². The summed E-state index contributed by atoms with van der Waals surface area (Å²) in [6.07, 6.45) is 0. The van der Waals surface area contributed by atoms with E-state index in [2.05, 4.69) is 15.1 Å². The van der Waals surface area contributed by atoms with Crippen LogP contribution in [0, 0.1) is 0 Å². The van der Waals surface area contributed by atoms with Gasteiger partial charge in [0.05, 0.1) is 6.04 Å². The third-order valence-corrected chi connectivity index (χ3v) is 5.52. The molecule has 1 N–H and O–H groups in total.